The summed E-state index contributed by atoms with van der Waals surface area (Å²) in [6.07, 6.45) is 3.45. The summed E-state index contributed by atoms with van der Waals surface area (Å²) in [5.74, 6) is -0.103. The van der Waals surface area contributed by atoms with Gasteiger partial charge in [0.2, 0.25) is 0 Å². The van der Waals surface area contributed by atoms with Crippen LogP contribution < -0.4 is 10.1 Å². The Morgan fingerprint density at radius 3 is 2.62 bits per heavy atom. The second-order valence-electron chi connectivity index (χ2n) is 8.08. The maximum absolute atomic E-state index is 13.5. The molecule has 11 heteroatoms. The number of aryl methyl sites for hydroxylation is 1. The van der Waals surface area contributed by atoms with Crippen LogP contribution in [0.5, 0.6) is 11.5 Å². The van der Waals surface area contributed by atoms with E-state index in [4.69, 9.17) is 27.9 Å². The first kappa shape index (κ1) is 24.2. The van der Waals surface area contributed by atoms with Crippen molar-refractivity contribution in [1.82, 2.24) is 14.8 Å². The first-order chi connectivity index (χ1) is 17.8. The fraction of sp³-hybridized carbons (Fsp3) is 0.0385. The minimum Gasteiger partial charge on any atom is -0.455 e. The molecule has 5 rings (SSSR count). The SMILES string of the molecule is Cn1cc(-c2cc(C(=O)Nc3cc(Oc4ccc(Cl)cc4Cl)cc([N+](=O)[O-])c3)c3ccccc3n2)cn1. The van der Waals surface area contributed by atoms with Gasteiger partial charge in [-0.25, -0.2) is 4.98 Å². The zero-order valence-electron chi connectivity index (χ0n) is 19.2. The number of halogens is 2. The number of carbonyl (C=O) groups excluding carboxylic acids is 1. The number of hydrogen-bond acceptors (Lipinski definition) is 6. The van der Waals surface area contributed by atoms with Crippen molar-refractivity contribution >= 4 is 51.4 Å². The largest absolute Gasteiger partial charge is 0.455 e. The van der Waals surface area contributed by atoms with E-state index in [1.807, 2.05) is 6.07 Å². The minimum absolute atomic E-state index is 0.115. The van der Waals surface area contributed by atoms with Crippen LogP contribution in [0, 0.1) is 10.1 Å². The summed E-state index contributed by atoms with van der Waals surface area (Å²) in [5.41, 5.74) is 2.18. The highest BCUT2D eigenvalue weighted by atomic mass is 35.5. The monoisotopic (exact) mass is 533 g/mol. The summed E-state index contributed by atoms with van der Waals surface area (Å²) in [6.45, 7) is 0. The van der Waals surface area contributed by atoms with Gasteiger partial charge in [0.05, 0.1) is 44.7 Å². The average Bonchev–Trinajstić information content (AvgIpc) is 3.31. The van der Waals surface area contributed by atoms with Crippen LogP contribution in [0.15, 0.2) is 79.1 Å². The van der Waals surface area contributed by atoms with E-state index in [9.17, 15) is 14.9 Å². The molecule has 0 atom stereocenters. The number of para-hydroxylation sites is 1. The van der Waals surface area contributed by atoms with Crippen LogP contribution in [-0.4, -0.2) is 25.6 Å². The molecule has 9 nitrogen and oxygen atoms in total. The van der Waals surface area contributed by atoms with Crippen molar-refractivity contribution in [3.8, 4) is 22.8 Å². The van der Waals surface area contributed by atoms with Crippen molar-refractivity contribution in [2.75, 3.05) is 5.32 Å². The van der Waals surface area contributed by atoms with Gasteiger partial charge in [0.15, 0.2) is 0 Å². The molecule has 3 aromatic carbocycles. The number of anilines is 1. The quantitative estimate of drug-likeness (QED) is 0.187. The summed E-state index contributed by atoms with van der Waals surface area (Å²) in [5, 5.41) is 19.8. The second-order valence-corrected chi connectivity index (χ2v) is 8.92. The molecule has 2 aromatic heterocycles. The summed E-state index contributed by atoms with van der Waals surface area (Å²) >= 11 is 12.1. The molecule has 1 amide bonds. The van der Waals surface area contributed by atoms with E-state index in [1.165, 1.54) is 24.3 Å². The molecule has 0 saturated carbocycles. The van der Waals surface area contributed by atoms with Crippen LogP contribution in [-0.2, 0) is 7.05 Å². The van der Waals surface area contributed by atoms with Crippen LogP contribution in [0.25, 0.3) is 22.2 Å². The van der Waals surface area contributed by atoms with Crippen molar-refractivity contribution in [3.05, 3.63) is 105 Å². The lowest BCUT2D eigenvalue weighted by Crippen LogP contribution is -2.13. The molecule has 0 spiro atoms. The highest BCUT2D eigenvalue weighted by Gasteiger charge is 2.18. The van der Waals surface area contributed by atoms with Gasteiger partial charge in [0.1, 0.15) is 11.5 Å². The van der Waals surface area contributed by atoms with Gasteiger partial charge in [-0.15, -0.1) is 0 Å². The number of nitrogens with zero attached hydrogens (tertiary/aromatic N) is 4. The summed E-state index contributed by atoms with van der Waals surface area (Å²) in [7, 11) is 1.79. The zero-order chi connectivity index (χ0) is 26.1. The molecule has 1 N–H and O–H groups in total. The Bertz CT molecular complexity index is 1690. The predicted octanol–water partition coefficient (Wildman–Crippen LogP) is 6.89. The van der Waals surface area contributed by atoms with Crippen LogP contribution in [0.3, 0.4) is 0 Å². The van der Waals surface area contributed by atoms with Crippen molar-refractivity contribution in [3.63, 3.8) is 0 Å². The molecule has 5 aromatic rings. The van der Waals surface area contributed by atoms with Crippen LogP contribution in [0.1, 0.15) is 10.4 Å². The number of non-ortho nitro benzene ring substituents is 1. The number of aromatic nitrogens is 3. The van der Waals surface area contributed by atoms with Crippen molar-refractivity contribution in [1.29, 1.82) is 0 Å². The topological polar surface area (TPSA) is 112 Å². The molecule has 0 saturated heterocycles. The normalized spacial score (nSPS) is 10.9. The molecule has 0 fully saturated rings. The Balaban J connectivity index is 1.52. The summed E-state index contributed by atoms with van der Waals surface area (Å²) in [6, 6.07) is 17.5. The number of rotatable bonds is 6. The summed E-state index contributed by atoms with van der Waals surface area (Å²) < 4.78 is 7.41. The molecular weight excluding hydrogens is 517 g/mol. The molecule has 0 bridgehead atoms. The Labute approximate surface area is 220 Å². The molecule has 37 heavy (non-hydrogen) atoms. The van der Waals surface area contributed by atoms with E-state index < -0.39 is 10.8 Å². The third-order valence-corrected chi connectivity index (χ3v) is 5.97. The number of hydrogen-bond donors (Lipinski definition) is 1. The number of pyridine rings is 1. The van der Waals surface area contributed by atoms with E-state index >= 15 is 0 Å². The smallest absolute Gasteiger partial charge is 0.275 e. The van der Waals surface area contributed by atoms with E-state index in [1.54, 1.807) is 60.5 Å². The molecule has 0 radical (unpaired) electrons. The highest BCUT2D eigenvalue weighted by molar-refractivity contribution is 6.35. The Hall–Kier alpha value is -4.47. The number of nitro groups is 1. The first-order valence-corrected chi connectivity index (χ1v) is 11.6. The van der Waals surface area contributed by atoms with Crippen molar-refractivity contribution in [2.45, 2.75) is 0 Å². The number of ether oxygens (including phenoxy) is 1. The Kier molecular flexibility index (Phi) is 6.47. The van der Waals surface area contributed by atoms with Gasteiger partial charge in [-0.1, -0.05) is 41.4 Å². The Morgan fingerprint density at radius 2 is 1.89 bits per heavy atom. The third kappa shape index (κ3) is 5.23. The standard InChI is InChI=1S/C26H17Cl2N5O4/c1-32-14-15(13-29-32)24-12-21(20-4-2-3-5-23(20)31-24)26(34)30-17-9-18(33(35)36)11-19(10-17)37-25-7-6-16(27)8-22(25)28/h2-14H,1H3,(H,30,34). The number of carbonyl (C=O) groups is 1. The predicted molar refractivity (Wildman–Crippen MR) is 142 cm³/mol. The highest BCUT2D eigenvalue weighted by Crippen LogP contribution is 2.35. The lowest BCUT2D eigenvalue weighted by atomic mass is 10.0. The van der Waals surface area contributed by atoms with Gasteiger partial charge in [0, 0.05) is 41.3 Å². The molecule has 2 heterocycles. The third-order valence-electron chi connectivity index (χ3n) is 5.44. The number of fused-ring (bicyclic) bond motifs is 1. The average molecular weight is 534 g/mol. The fourth-order valence-electron chi connectivity index (χ4n) is 3.77. The van der Waals surface area contributed by atoms with Gasteiger partial charge >= 0.3 is 0 Å². The number of nitrogens with one attached hydrogen (secondary N) is 1. The van der Waals surface area contributed by atoms with E-state index in [0.29, 0.717) is 27.2 Å². The number of benzene rings is 3. The molecule has 0 aliphatic heterocycles. The van der Waals surface area contributed by atoms with Crippen molar-refractivity contribution in [2.24, 2.45) is 7.05 Å². The van der Waals surface area contributed by atoms with Gasteiger partial charge in [0.25, 0.3) is 11.6 Å². The van der Waals surface area contributed by atoms with Gasteiger partial charge in [-0.05, 0) is 30.3 Å². The van der Waals surface area contributed by atoms with Crippen LogP contribution in [0.4, 0.5) is 11.4 Å². The molecular formula is C26H17Cl2N5O4. The van der Waals surface area contributed by atoms with E-state index in [2.05, 4.69) is 15.4 Å². The lowest BCUT2D eigenvalue weighted by molar-refractivity contribution is -0.384. The first-order valence-electron chi connectivity index (χ1n) is 10.9. The second kappa shape index (κ2) is 9.88. The Morgan fingerprint density at radius 1 is 1.08 bits per heavy atom. The van der Waals surface area contributed by atoms with E-state index in [-0.39, 0.29) is 27.9 Å². The fourth-order valence-corrected chi connectivity index (χ4v) is 4.21. The number of nitro benzene ring substituents is 1. The molecule has 0 aliphatic carbocycles. The zero-order valence-corrected chi connectivity index (χ0v) is 20.7. The molecule has 0 unspecified atom stereocenters. The number of amides is 1. The lowest BCUT2D eigenvalue weighted by Gasteiger charge is -2.12. The minimum atomic E-state index is -0.575. The van der Waals surface area contributed by atoms with Gasteiger partial charge in [-0.2, -0.15) is 5.10 Å². The van der Waals surface area contributed by atoms with Gasteiger partial charge in [-0.3, -0.25) is 19.6 Å². The van der Waals surface area contributed by atoms with Gasteiger partial charge < -0.3 is 10.1 Å². The van der Waals surface area contributed by atoms with Crippen LogP contribution in [0.2, 0.25) is 10.0 Å². The van der Waals surface area contributed by atoms with E-state index in [0.717, 1.165) is 5.56 Å². The maximum Gasteiger partial charge on any atom is 0.275 e. The van der Waals surface area contributed by atoms with Crippen molar-refractivity contribution < 1.29 is 14.5 Å². The van der Waals surface area contributed by atoms with Crippen LogP contribution >= 0.6 is 23.2 Å². The molecule has 0 aliphatic rings. The molecule has 184 valence electrons. The summed E-state index contributed by atoms with van der Waals surface area (Å²) in [4.78, 5) is 29.1. The maximum atomic E-state index is 13.5.